The lowest BCUT2D eigenvalue weighted by Crippen LogP contribution is -2.56. The highest BCUT2D eigenvalue weighted by Crippen LogP contribution is 2.20. The van der Waals surface area contributed by atoms with Crippen LogP contribution in [-0.4, -0.2) is 47.2 Å². The Balaban J connectivity index is 2.19. The van der Waals surface area contributed by atoms with Crippen molar-refractivity contribution in [3.05, 3.63) is 28.4 Å². The van der Waals surface area contributed by atoms with Crippen molar-refractivity contribution in [1.29, 1.82) is 0 Å². The van der Waals surface area contributed by atoms with E-state index >= 15 is 0 Å². The van der Waals surface area contributed by atoms with Crippen molar-refractivity contribution in [2.75, 3.05) is 24.5 Å². The van der Waals surface area contributed by atoms with Crippen LogP contribution in [0, 0.1) is 10.1 Å². The summed E-state index contributed by atoms with van der Waals surface area (Å²) in [5.41, 5.74) is -0.643. The lowest BCUT2D eigenvalue weighted by molar-refractivity contribution is -0.385. The molecule has 0 aliphatic carbocycles. The normalized spacial score (nSPS) is 18.9. The Kier molecular flexibility index (Phi) is 4.60. The fraction of sp³-hybridized carbons (Fsp3) is 0.571. The Bertz CT molecular complexity index is 553. The average Bonchev–Trinajstić information content (AvgIpc) is 2.45. The zero-order valence-electron chi connectivity index (χ0n) is 12.9. The Morgan fingerprint density at radius 2 is 2.23 bits per heavy atom. The molecule has 0 radical (unpaired) electrons. The molecule has 8 nitrogen and oxygen atoms in total. The Morgan fingerprint density at radius 1 is 1.50 bits per heavy atom. The van der Waals surface area contributed by atoms with Gasteiger partial charge in [0.05, 0.1) is 4.92 Å². The topological polar surface area (TPSA) is 97.6 Å². The Labute approximate surface area is 128 Å². The predicted molar refractivity (Wildman–Crippen MR) is 80.7 cm³/mol. The molecule has 0 aromatic carbocycles. The van der Waals surface area contributed by atoms with Crippen LogP contribution in [0.5, 0.6) is 0 Å². The van der Waals surface area contributed by atoms with E-state index in [9.17, 15) is 14.9 Å². The minimum Gasteiger partial charge on any atom is -0.458 e. The fourth-order valence-corrected chi connectivity index (χ4v) is 2.22. The van der Waals surface area contributed by atoms with Crippen LogP contribution in [0.25, 0.3) is 0 Å². The minimum atomic E-state index is -0.566. The van der Waals surface area contributed by atoms with Crippen LogP contribution in [0.1, 0.15) is 20.8 Å². The molecule has 1 N–H and O–H groups in total. The second-order valence-corrected chi connectivity index (χ2v) is 6.08. The van der Waals surface area contributed by atoms with Crippen LogP contribution in [-0.2, 0) is 9.53 Å². The van der Waals surface area contributed by atoms with E-state index < -0.39 is 16.6 Å². The average molecular weight is 308 g/mol. The van der Waals surface area contributed by atoms with Gasteiger partial charge in [0.1, 0.15) is 23.7 Å². The van der Waals surface area contributed by atoms with E-state index in [2.05, 4.69) is 10.3 Å². The Hall–Kier alpha value is -2.22. The van der Waals surface area contributed by atoms with Gasteiger partial charge in [0.2, 0.25) is 0 Å². The van der Waals surface area contributed by atoms with Gasteiger partial charge in [-0.3, -0.25) is 10.1 Å². The molecule has 0 saturated carbocycles. The fourth-order valence-electron chi connectivity index (χ4n) is 2.22. The molecule has 0 amide bonds. The zero-order chi connectivity index (χ0) is 16.3. The summed E-state index contributed by atoms with van der Waals surface area (Å²) in [5, 5.41) is 13.8. The highest BCUT2D eigenvalue weighted by Gasteiger charge is 2.33. The number of aromatic nitrogens is 1. The second kappa shape index (κ2) is 6.27. The first-order chi connectivity index (χ1) is 10.3. The summed E-state index contributed by atoms with van der Waals surface area (Å²) < 4.78 is 5.43. The van der Waals surface area contributed by atoms with Crippen molar-refractivity contribution in [2.45, 2.75) is 32.4 Å². The highest BCUT2D eigenvalue weighted by molar-refractivity contribution is 5.80. The molecule has 1 aliphatic heterocycles. The first-order valence-electron chi connectivity index (χ1n) is 7.08. The number of hydrogen-bond donors (Lipinski definition) is 1. The monoisotopic (exact) mass is 308 g/mol. The summed E-state index contributed by atoms with van der Waals surface area (Å²) >= 11 is 0. The smallest absolute Gasteiger partial charge is 0.330 e. The quantitative estimate of drug-likeness (QED) is 0.507. The number of rotatable bonds is 3. The minimum absolute atomic E-state index is 0.0762. The van der Waals surface area contributed by atoms with Crippen LogP contribution in [0.2, 0.25) is 0 Å². The molecular weight excluding hydrogens is 288 g/mol. The van der Waals surface area contributed by atoms with Crippen molar-refractivity contribution in [3.8, 4) is 0 Å². The van der Waals surface area contributed by atoms with E-state index in [1.165, 1.54) is 12.3 Å². The molecule has 1 aliphatic rings. The summed E-state index contributed by atoms with van der Waals surface area (Å²) in [6.07, 6.45) is 1.20. The van der Waals surface area contributed by atoms with Gasteiger partial charge < -0.3 is 15.0 Å². The number of carbonyl (C=O) groups excluding carboxylic acids is 1. The van der Waals surface area contributed by atoms with Gasteiger partial charge in [-0.2, -0.15) is 0 Å². The number of hydrogen-bond acceptors (Lipinski definition) is 7. The molecule has 1 saturated heterocycles. The number of esters is 1. The van der Waals surface area contributed by atoms with Crippen LogP contribution >= 0.6 is 0 Å². The predicted octanol–water partition coefficient (Wildman–Crippen LogP) is 1.11. The second-order valence-electron chi connectivity index (χ2n) is 6.08. The molecule has 22 heavy (non-hydrogen) atoms. The molecule has 1 atom stereocenters. The number of pyridine rings is 1. The number of carbonyl (C=O) groups is 1. The number of nitrogens with zero attached hydrogens (tertiary/aromatic N) is 3. The van der Waals surface area contributed by atoms with Crippen molar-refractivity contribution in [3.63, 3.8) is 0 Å². The third-order valence-electron chi connectivity index (χ3n) is 3.16. The van der Waals surface area contributed by atoms with Crippen LogP contribution in [0.4, 0.5) is 11.5 Å². The molecule has 120 valence electrons. The molecule has 0 bridgehead atoms. The van der Waals surface area contributed by atoms with Crippen LogP contribution in [0.15, 0.2) is 18.3 Å². The standard InChI is InChI=1S/C14H20N4O4/c1-14(2,3)22-13(19)11-9-15-6-7-17(11)12-5-4-10(8-16-12)18(20)21/h4-5,8,11,15H,6-7,9H2,1-3H3. The summed E-state index contributed by atoms with van der Waals surface area (Å²) in [7, 11) is 0. The van der Waals surface area contributed by atoms with Gasteiger partial charge in [0.25, 0.3) is 5.69 Å². The number of nitro groups is 1. The molecule has 1 unspecified atom stereocenters. The molecule has 1 fully saturated rings. The van der Waals surface area contributed by atoms with Crippen LogP contribution < -0.4 is 10.2 Å². The third kappa shape index (κ3) is 3.91. The van der Waals surface area contributed by atoms with Gasteiger partial charge in [-0.05, 0) is 26.8 Å². The zero-order valence-corrected chi connectivity index (χ0v) is 12.9. The lowest BCUT2D eigenvalue weighted by atomic mass is 10.1. The van der Waals surface area contributed by atoms with E-state index in [4.69, 9.17) is 4.74 Å². The molecule has 2 rings (SSSR count). The van der Waals surface area contributed by atoms with Crippen LogP contribution in [0.3, 0.4) is 0 Å². The summed E-state index contributed by atoms with van der Waals surface area (Å²) in [5.74, 6) is 0.197. The molecule has 1 aromatic heterocycles. The molecular formula is C14H20N4O4. The lowest BCUT2D eigenvalue weighted by Gasteiger charge is -2.36. The summed E-state index contributed by atoms with van der Waals surface area (Å²) in [4.78, 5) is 28.4. The third-order valence-corrected chi connectivity index (χ3v) is 3.16. The van der Waals surface area contributed by atoms with Gasteiger partial charge in [0, 0.05) is 25.7 Å². The highest BCUT2D eigenvalue weighted by atomic mass is 16.6. The van der Waals surface area contributed by atoms with Gasteiger partial charge in [-0.1, -0.05) is 0 Å². The van der Waals surface area contributed by atoms with E-state index in [1.54, 1.807) is 6.07 Å². The SMILES string of the molecule is CC(C)(C)OC(=O)C1CNCCN1c1ccc([N+](=O)[O-])cn1. The van der Waals surface area contributed by atoms with E-state index in [0.717, 1.165) is 0 Å². The van der Waals surface area contributed by atoms with E-state index in [1.807, 2.05) is 25.7 Å². The molecule has 0 spiro atoms. The van der Waals surface area contributed by atoms with E-state index in [-0.39, 0.29) is 11.7 Å². The maximum Gasteiger partial charge on any atom is 0.330 e. The van der Waals surface area contributed by atoms with Gasteiger partial charge >= 0.3 is 5.97 Å². The van der Waals surface area contributed by atoms with Crippen molar-refractivity contribution in [1.82, 2.24) is 10.3 Å². The first-order valence-corrected chi connectivity index (χ1v) is 7.08. The van der Waals surface area contributed by atoms with Crippen molar-refractivity contribution >= 4 is 17.5 Å². The maximum atomic E-state index is 12.3. The molecule has 1 aromatic rings. The summed E-state index contributed by atoms with van der Waals surface area (Å²) in [6.45, 7) is 7.18. The van der Waals surface area contributed by atoms with Gasteiger partial charge in [-0.15, -0.1) is 0 Å². The maximum absolute atomic E-state index is 12.3. The molecule has 8 heteroatoms. The number of anilines is 1. The number of nitrogens with one attached hydrogen (secondary N) is 1. The van der Waals surface area contributed by atoms with Gasteiger partial charge in [-0.25, -0.2) is 9.78 Å². The van der Waals surface area contributed by atoms with Crippen molar-refractivity contribution in [2.24, 2.45) is 0 Å². The van der Waals surface area contributed by atoms with E-state index in [0.29, 0.717) is 25.5 Å². The number of piperazine rings is 1. The summed E-state index contributed by atoms with van der Waals surface area (Å²) in [6, 6.07) is 2.44. The van der Waals surface area contributed by atoms with Crippen molar-refractivity contribution < 1.29 is 14.5 Å². The number of ether oxygens (including phenoxy) is 1. The molecule has 2 heterocycles. The van der Waals surface area contributed by atoms with Gasteiger partial charge in [0.15, 0.2) is 0 Å². The Morgan fingerprint density at radius 3 is 2.77 bits per heavy atom. The first kappa shape index (κ1) is 16.2. The largest absolute Gasteiger partial charge is 0.458 e.